The lowest BCUT2D eigenvalue weighted by Crippen LogP contribution is -2.43. The standard InChI is InChI=1S/C15H17BrN4O/c1-11-10-21-7-6-20(11)14-4-2-13(3-5-14)19-15-17-8-12(16)9-18-15/h2-5,8-9,11H,6-7,10H2,1H3,(H,17,18,19). The second-order valence-electron chi connectivity index (χ2n) is 5.01. The van der Waals surface area contributed by atoms with Crippen molar-refractivity contribution >= 4 is 33.3 Å². The summed E-state index contributed by atoms with van der Waals surface area (Å²) < 4.78 is 6.34. The molecule has 1 fully saturated rings. The molecule has 1 N–H and O–H groups in total. The van der Waals surface area contributed by atoms with Crippen LogP contribution in [0.1, 0.15) is 6.92 Å². The highest BCUT2D eigenvalue weighted by molar-refractivity contribution is 9.10. The number of nitrogens with one attached hydrogen (secondary N) is 1. The van der Waals surface area contributed by atoms with Gasteiger partial charge in [-0.25, -0.2) is 9.97 Å². The topological polar surface area (TPSA) is 50.3 Å². The van der Waals surface area contributed by atoms with Gasteiger partial charge in [-0.2, -0.15) is 0 Å². The van der Waals surface area contributed by atoms with Crippen molar-refractivity contribution in [1.29, 1.82) is 0 Å². The van der Waals surface area contributed by atoms with Crippen LogP contribution < -0.4 is 10.2 Å². The second-order valence-corrected chi connectivity index (χ2v) is 5.93. The number of hydrogen-bond acceptors (Lipinski definition) is 5. The lowest BCUT2D eigenvalue weighted by molar-refractivity contribution is 0.0989. The van der Waals surface area contributed by atoms with Gasteiger partial charge in [0, 0.05) is 36.4 Å². The third-order valence-electron chi connectivity index (χ3n) is 3.44. The summed E-state index contributed by atoms with van der Waals surface area (Å²) in [5, 5.41) is 3.19. The Kier molecular flexibility index (Phi) is 4.36. The quantitative estimate of drug-likeness (QED) is 0.922. The number of anilines is 3. The first-order chi connectivity index (χ1) is 10.2. The molecule has 1 saturated heterocycles. The van der Waals surface area contributed by atoms with Crippen molar-refractivity contribution in [2.75, 3.05) is 30.0 Å². The highest BCUT2D eigenvalue weighted by atomic mass is 79.9. The Hall–Kier alpha value is -1.66. The zero-order valence-electron chi connectivity index (χ0n) is 11.8. The lowest BCUT2D eigenvalue weighted by atomic mass is 10.2. The molecule has 0 aliphatic carbocycles. The molecule has 110 valence electrons. The van der Waals surface area contributed by atoms with E-state index in [-0.39, 0.29) is 0 Å². The molecule has 21 heavy (non-hydrogen) atoms. The van der Waals surface area contributed by atoms with Gasteiger partial charge in [-0.1, -0.05) is 0 Å². The van der Waals surface area contributed by atoms with E-state index in [0.29, 0.717) is 12.0 Å². The summed E-state index contributed by atoms with van der Waals surface area (Å²) in [6.45, 7) is 4.69. The highest BCUT2D eigenvalue weighted by Gasteiger charge is 2.18. The van der Waals surface area contributed by atoms with Crippen LogP contribution >= 0.6 is 15.9 Å². The normalized spacial score (nSPS) is 18.6. The third-order valence-corrected chi connectivity index (χ3v) is 3.85. The molecule has 0 radical (unpaired) electrons. The van der Waals surface area contributed by atoms with Gasteiger partial charge in [-0.3, -0.25) is 0 Å². The minimum Gasteiger partial charge on any atom is -0.377 e. The fourth-order valence-electron chi connectivity index (χ4n) is 2.35. The van der Waals surface area contributed by atoms with Crippen molar-refractivity contribution in [2.24, 2.45) is 0 Å². The summed E-state index contributed by atoms with van der Waals surface area (Å²) in [6, 6.07) is 8.73. The van der Waals surface area contributed by atoms with Gasteiger partial charge in [0.15, 0.2) is 0 Å². The molecule has 0 amide bonds. The molecule has 5 nitrogen and oxygen atoms in total. The number of aromatic nitrogens is 2. The van der Waals surface area contributed by atoms with Gasteiger partial charge >= 0.3 is 0 Å². The Balaban J connectivity index is 1.70. The minimum atomic E-state index is 0.410. The first kappa shape index (κ1) is 14.3. The predicted octanol–water partition coefficient (Wildman–Crippen LogP) is 3.21. The smallest absolute Gasteiger partial charge is 0.227 e. The maximum absolute atomic E-state index is 5.47. The first-order valence-electron chi connectivity index (χ1n) is 6.91. The van der Waals surface area contributed by atoms with E-state index in [1.165, 1.54) is 5.69 Å². The van der Waals surface area contributed by atoms with Crippen molar-refractivity contribution in [3.8, 4) is 0 Å². The van der Waals surface area contributed by atoms with Gasteiger partial charge in [0.05, 0.1) is 17.7 Å². The molecular weight excluding hydrogens is 332 g/mol. The molecule has 1 aliphatic heterocycles. The average Bonchev–Trinajstić information content (AvgIpc) is 2.51. The fraction of sp³-hybridized carbons (Fsp3) is 0.333. The van der Waals surface area contributed by atoms with Gasteiger partial charge in [-0.05, 0) is 47.1 Å². The van der Waals surface area contributed by atoms with E-state index in [9.17, 15) is 0 Å². The monoisotopic (exact) mass is 348 g/mol. The predicted molar refractivity (Wildman–Crippen MR) is 87.1 cm³/mol. The van der Waals surface area contributed by atoms with Crippen LogP contribution in [0.15, 0.2) is 41.1 Å². The maximum atomic E-state index is 5.47. The van der Waals surface area contributed by atoms with Crippen LogP contribution in [0.25, 0.3) is 0 Å². The number of benzene rings is 1. The van der Waals surface area contributed by atoms with Gasteiger partial charge in [0.1, 0.15) is 0 Å². The maximum Gasteiger partial charge on any atom is 0.227 e. The molecule has 1 aromatic carbocycles. The van der Waals surface area contributed by atoms with Crippen molar-refractivity contribution in [3.05, 3.63) is 41.1 Å². The number of morpholine rings is 1. The number of ether oxygens (including phenoxy) is 1. The van der Waals surface area contributed by atoms with E-state index in [1.54, 1.807) is 12.4 Å². The van der Waals surface area contributed by atoms with E-state index in [0.717, 1.165) is 29.9 Å². The van der Waals surface area contributed by atoms with E-state index in [4.69, 9.17) is 4.74 Å². The lowest BCUT2D eigenvalue weighted by Gasteiger charge is -2.35. The van der Waals surface area contributed by atoms with Crippen LogP contribution in [0.3, 0.4) is 0 Å². The molecule has 0 bridgehead atoms. The Labute approximate surface area is 132 Å². The van der Waals surface area contributed by atoms with Gasteiger partial charge < -0.3 is 15.0 Å². The van der Waals surface area contributed by atoms with Crippen LogP contribution in [-0.2, 0) is 4.74 Å². The van der Waals surface area contributed by atoms with Crippen LogP contribution in [-0.4, -0.2) is 35.8 Å². The Bertz CT molecular complexity index is 588. The van der Waals surface area contributed by atoms with Crippen molar-refractivity contribution < 1.29 is 4.74 Å². The van der Waals surface area contributed by atoms with Crippen molar-refractivity contribution in [3.63, 3.8) is 0 Å². The van der Waals surface area contributed by atoms with Gasteiger partial charge in [0.25, 0.3) is 0 Å². The highest BCUT2D eigenvalue weighted by Crippen LogP contribution is 2.23. The Morgan fingerprint density at radius 3 is 2.62 bits per heavy atom. The molecule has 1 unspecified atom stereocenters. The third kappa shape index (κ3) is 3.51. The molecule has 6 heteroatoms. The summed E-state index contributed by atoms with van der Waals surface area (Å²) in [4.78, 5) is 10.8. The average molecular weight is 349 g/mol. The van der Waals surface area contributed by atoms with Gasteiger partial charge in [-0.15, -0.1) is 0 Å². The summed E-state index contributed by atoms with van der Waals surface area (Å²) in [5.74, 6) is 0.589. The SMILES string of the molecule is CC1COCCN1c1ccc(Nc2ncc(Br)cn2)cc1. The fourth-order valence-corrected chi connectivity index (χ4v) is 2.56. The molecule has 1 atom stereocenters. The molecular formula is C15H17BrN4O. The summed E-state index contributed by atoms with van der Waals surface area (Å²) >= 11 is 3.32. The largest absolute Gasteiger partial charge is 0.377 e. The Morgan fingerprint density at radius 2 is 1.95 bits per heavy atom. The summed E-state index contributed by atoms with van der Waals surface area (Å²) in [5.41, 5.74) is 2.19. The van der Waals surface area contributed by atoms with E-state index in [1.807, 2.05) is 12.1 Å². The first-order valence-corrected chi connectivity index (χ1v) is 7.71. The molecule has 3 rings (SSSR count). The molecule has 0 saturated carbocycles. The zero-order valence-corrected chi connectivity index (χ0v) is 13.4. The van der Waals surface area contributed by atoms with Crippen LogP contribution in [0.5, 0.6) is 0 Å². The number of hydrogen-bond donors (Lipinski definition) is 1. The summed E-state index contributed by atoms with van der Waals surface area (Å²) in [6.07, 6.45) is 3.44. The number of halogens is 1. The van der Waals surface area contributed by atoms with E-state index in [2.05, 4.69) is 55.2 Å². The van der Waals surface area contributed by atoms with Crippen LogP contribution in [0.4, 0.5) is 17.3 Å². The van der Waals surface area contributed by atoms with Crippen LogP contribution in [0.2, 0.25) is 0 Å². The molecule has 1 aromatic heterocycles. The number of rotatable bonds is 3. The summed E-state index contributed by atoms with van der Waals surface area (Å²) in [7, 11) is 0. The van der Waals surface area contributed by atoms with Crippen molar-refractivity contribution in [1.82, 2.24) is 9.97 Å². The second kappa shape index (κ2) is 6.41. The number of nitrogens with zero attached hydrogens (tertiary/aromatic N) is 3. The molecule has 2 aromatic rings. The molecule has 0 spiro atoms. The zero-order chi connectivity index (χ0) is 14.7. The molecule has 2 heterocycles. The van der Waals surface area contributed by atoms with E-state index < -0.39 is 0 Å². The van der Waals surface area contributed by atoms with Gasteiger partial charge in [0.2, 0.25) is 5.95 Å². The van der Waals surface area contributed by atoms with Crippen molar-refractivity contribution in [2.45, 2.75) is 13.0 Å². The van der Waals surface area contributed by atoms with Crippen LogP contribution in [0, 0.1) is 0 Å². The Morgan fingerprint density at radius 1 is 1.24 bits per heavy atom. The van der Waals surface area contributed by atoms with E-state index >= 15 is 0 Å². The minimum absolute atomic E-state index is 0.410. The molecule has 1 aliphatic rings.